The van der Waals surface area contributed by atoms with Crippen LogP contribution in [-0.4, -0.2) is 105 Å². The van der Waals surface area contributed by atoms with E-state index in [0.717, 1.165) is 16.5 Å². The van der Waals surface area contributed by atoms with Crippen LogP contribution in [0.3, 0.4) is 0 Å². The van der Waals surface area contributed by atoms with Crippen molar-refractivity contribution < 1.29 is 34.5 Å². The monoisotopic (exact) mass is 623 g/mol. The smallest absolute Gasteiger partial charge is 0.245 e. The van der Waals surface area contributed by atoms with E-state index in [4.69, 9.17) is 11.5 Å². The summed E-state index contributed by atoms with van der Waals surface area (Å²) >= 11 is 4.09. The van der Waals surface area contributed by atoms with Crippen molar-refractivity contribution in [3.8, 4) is 0 Å². The van der Waals surface area contributed by atoms with Crippen molar-refractivity contribution in [1.29, 1.82) is 0 Å². The highest BCUT2D eigenvalue weighted by atomic mass is 32.1. The second kappa shape index (κ2) is 17.8. The van der Waals surface area contributed by atoms with Gasteiger partial charge in [0.15, 0.2) is 0 Å². The molecule has 1 heterocycles. The summed E-state index contributed by atoms with van der Waals surface area (Å²) in [5.74, 6) is -3.05. The average molecular weight is 624 g/mol. The number of carbonyl (C=O) groups is 4. The highest BCUT2D eigenvalue weighted by Crippen LogP contribution is 2.19. The summed E-state index contributed by atoms with van der Waals surface area (Å²) in [5, 5.41) is 40.3. The van der Waals surface area contributed by atoms with E-state index >= 15 is 0 Å². The van der Waals surface area contributed by atoms with E-state index in [1.165, 1.54) is 13.8 Å². The number of aromatic nitrogens is 1. The molecule has 15 heteroatoms. The van der Waals surface area contributed by atoms with Crippen LogP contribution in [0.25, 0.3) is 10.9 Å². The molecule has 1 aromatic carbocycles. The molecule has 4 amide bonds. The van der Waals surface area contributed by atoms with Gasteiger partial charge in [-0.2, -0.15) is 12.6 Å². The molecule has 0 bridgehead atoms. The van der Waals surface area contributed by atoms with Gasteiger partial charge in [0.25, 0.3) is 0 Å². The molecule has 1 aromatic heterocycles. The van der Waals surface area contributed by atoms with Crippen LogP contribution in [-0.2, 0) is 25.6 Å². The number of fused-ring (bicyclic) bond motifs is 1. The van der Waals surface area contributed by atoms with Gasteiger partial charge in [-0.05, 0) is 57.7 Å². The molecule has 0 saturated carbocycles. The zero-order valence-electron chi connectivity index (χ0n) is 24.5. The summed E-state index contributed by atoms with van der Waals surface area (Å²) < 4.78 is 0. The minimum absolute atomic E-state index is 0.151. The minimum Gasteiger partial charge on any atom is -0.394 e. The van der Waals surface area contributed by atoms with Gasteiger partial charge in [-0.15, -0.1) is 0 Å². The molecular formula is C28H45N7O7S. The van der Waals surface area contributed by atoms with E-state index in [2.05, 4.69) is 38.9 Å². The third kappa shape index (κ3) is 10.8. The number of aromatic amines is 1. The molecule has 0 saturated heterocycles. The summed E-state index contributed by atoms with van der Waals surface area (Å²) in [6.07, 6.45) is 0.840. The van der Waals surface area contributed by atoms with E-state index in [-0.39, 0.29) is 18.6 Å². The first kappa shape index (κ1) is 36.0. The van der Waals surface area contributed by atoms with Crippen LogP contribution >= 0.6 is 12.6 Å². The van der Waals surface area contributed by atoms with Gasteiger partial charge in [-0.3, -0.25) is 19.2 Å². The van der Waals surface area contributed by atoms with Crippen LogP contribution in [0.1, 0.15) is 38.7 Å². The number of unbranched alkanes of at least 4 members (excludes halogenated alkanes) is 1. The molecule has 240 valence electrons. The zero-order chi connectivity index (χ0) is 32.1. The molecule has 0 aliphatic rings. The second-order valence-electron chi connectivity index (χ2n) is 10.5. The van der Waals surface area contributed by atoms with Gasteiger partial charge in [0.05, 0.1) is 30.9 Å². The van der Waals surface area contributed by atoms with E-state index in [1.54, 1.807) is 6.20 Å². The number of nitrogens with one attached hydrogen (secondary N) is 5. The summed E-state index contributed by atoms with van der Waals surface area (Å²) in [4.78, 5) is 55.2. The zero-order valence-corrected chi connectivity index (χ0v) is 25.3. The van der Waals surface area contributed by atoms with Crippen molar-refractivity contribution in [3.05, 3.63) is 36.0 Å². The standard InChI is InChI=1S/C28H45N7O7S/c1-15(37)22(13-36)33-27(41)23(14-43)34-28(42)24(16(2)38)35-26(40)21(9-5-6-10-29)32-25(39)19(30)11-17-12-31-20-8-4-3-7-18(17)20/h3-4,7-8,12,15-16,19,21-24,31,36-38,43H,5-6,9-11,13-14,29-30H2,1-2H3,(H,32,39)(H,33,41)(H,34,42)(H,35,40)/t15-,16-,19+,21+,22-,23+,24+/m1/s1. The molecule has 0 unspecified atom stereocenters. The fourth-order valence-corrected chi connectivity index (χ4v) is 4.64. The van der Waals surface area contributed by atoms with Gasteiger partial charge in [0, 0.05) is 22.9 Å². The molecule has 12 N–H and O–H groups in total. The Morgan fingerprint density at radius 2 is 1.56 bits per heavy atom. The topological polar surface area (TPSA) is 245 Å². The molecule has 14 nitrogen and oxygen atoms in total. The van der Waals surface area contributed by atoms with Crippen molar-refractivity contribution in [1.82, 2.24) is 26.3 Å². The summed E-state index contributed by atoms with van der Waals surface area (Å²) in [5.41, 5.74) is 13.5. The molecule has 0 spiro atoms. The molecule has 0 aliphatic carbocycles. The van der Waals surface area contributed by atoms with Crippen LogP contribution in [0.5, 0.6) is 0 Å². The maximum Gasteiger partial charge on any atom is 0.245 e. The second-order valence-corrected chi connectivity index (χ2v) is 10.9. The Morgan fingerprint density at radius 3 is 2.16 bits per heavy atom. The SMILES string of the molecule is C[C@@H](O)[C@H](NC(=O)[C@H](CCCCN)NC(=O)[C@@H](N)Cc1c[nH]c2ccccc12)C(=O)N[C@@H](CS)C(=O)N[C@H](CO)[C@@H](C)O. The quantitative estimate of drug-likeness (QED) is 0.0636. The van der Waals surface area contributed by atoms with Gasteiger partial charge in [0.1, 0.15) is 18.1 Å². The summed E-state index contributed by atoms with van der Waals surface area (Å²) in [6.45, 7) is 2.51. The molecule has 2 aromatic rings. The Balaban J connectivity index is 2.11. The highest BCUT2D eigenvalue weighted by Gasteiger charge is 2.33. The number of H-pyrrole nitrogens is 1. The first-order valence-electron chi connectivity index (χ1n) is 14.2. The van der Waals surface area contributed by atoms with E-state index in [1.807, 2.05) is 24.3 Å². The number of aliphatic hydroxyl groups is 3. The molecule has 0 aliphatic heterocycles. The van der Waals surface area contributed by atoms with Crippen LogP contribution in [0.4, 0.5) is 0 Å². The Bertz CT molecular complexity index is 1210. The summed E-state index contributed by atoms with van der Waals surface area (Å²) in [6, 6.07) is 1.87. The van der Waals surface area contributed by atoms with Gasteiger partial charge in [-0.1, -0.05) is 18.2 Å². The number of hydrogen-bond donors (Lipinski definition) is 11. The van der Waals surface area contributed by atoms with Crippen molar-refractivity contribution in [3.63, 3.8) is 0 Å². The maximum absolute atomic E-state index is 13.3. The Kier molecular flexibility index (Phi) is 14.9. The molecule has 0 radical (unpaired) electrons. The maximum atomic E-state index is 13.3. The number of thiol groups is 1. The number of amides is 4. The Hall–Kier alpha value is -3.21. The van der Waals surface area contributed by atoms with Crippen LogP contribution in [0.2, 0.25) is 0 Å². The number of para-hydroxylation sites is 1. The lowest BCUT2D eigenvalue weighted by Crippen LogP contribution is -2.61. The van der Waals surface area contributed by atoms with Gasteiger partial charge in [-0.25, -0.2) is 0 Å². The van der Waals surface area contributed by atoms with Crippen LogP contribution < -0.4 is 32.7 Å². The molecular weight excluding hydrogens is 578 g/mol. The predicted octanol–water partition coefficient (Wildman–Crippen LogP) is -2.21. The predicted molar refractivity (Wildman–Crippen MR) is 165 cm³/mol. The number of rotatable bonds is 18. The van der Waals surface area contributed by atoms with Crippen LogP contribution in [0.15, 0.2) is 30.5 Å². The Morgan fingerprint density at radius 1 is 0.907 bits per heavy atom. The molecule has 7 atom stereocenters. The van der Waals surface area contributed by atoms with Crippen molar-refractivity contribution in [2.45, 2.75) is 81.9 Å². The summed E-state index contributed by atoms with van der Waals surface area (Å²) in [7, 11) is 0. The largest absolute Gasteiger partial charge is 0.394 e. The van der Waals surface area contributed by atoms with E-state index in [9.17, 15) is 34.5 Å². The number of aliphatic hydroxyl groups excluding tert-OH is 3. The number of hydrogen-bond acceptors (Lipinski definition) is 10. The lowest BCUT2D eigenvalue weighted by Gasteiger charge is -2.27. The first-order chi connectivity index (χ1) is 20.4. The van der Waals surface area contributed by atoms with E-state index < -0.39 is 72.7 Å². The third-order valence-corrected chi connectivity index (χ3v) is 7.38. The van der Waals surface area contributed by atoms with Crippen molar-refractivity contribution in [2.75, 3.05) is 18.9 Å². The highest BCUT2D eigenvalue weighted by molar-refractivity contribution is 7.80. The number of benzene rings is 1. The molecule has 0 fully saturated rings. The first-order valence-corrected chi connectivity index (χ1v) is 14.9. The lowest BCUT2D eigenvalue weighted by molar-refractivity contribution is -0.136. The van der Waals surface area contributed by atoms with Crippen molar-refractivity contribution in [2.24, 2.45) is 11.5 Å². The van der Waals surface area contributed by atoms with Gasteiger partial charge in [0.2, 0.25) is 23.6 Å². The Labute approximate surface area is 256 Å². The lowest BCUT2D eigenvalue weighted by atomic mass is 10.0. The fraction of sp³-hybridized carbons (Fsp3) is 0.571. The normalized spacial score (nSPS) is 16.3. The van der Waals surface area contributed by atoms with Gasteiger partial charge >= 0.3 is 0 Å². The molecule has 2 rings (SSSR count). The minimum atomic E-state index is -1.48. The van der Waals surface area contributed by atoms with Crippen LogP contribution in [0, 0.1) is 0 Å². The van der Waals surface area contributed by atoms with Crippen molar-refractivity contribution >= 4 is 47.2 Å². The number of nitrogens with two attached hydrogens (primary N) is 2. The van der Waals surface area contributed by atoms with E-state index in [0.29, 0.717) is 19.4 Å². The van der Waals surface area contributed by atoms with Gasteiger partial charge < -0.3 is 53.0 Å². The average Bonchev–Trinajstić information content (AvgIpc) is 3.38. The molecule has 43 heavy (non-hydrogen) atoms. The number of carbonyl (C=O) groups excluding carboxylic acids is 4. The fourth-order valence-electron chi connectivity index (χ4n) is 4.39. The third-order valence-electron chi connectivity index (χ3n) is 7.02.